The summed E-state index contributed by atoms with van der Waals surface area (Å²) in [6.07, 6.45) is 13.1. The summed E-state index contributed by atoms with van der Waals surface area (Å²) >= 11 is 2.95. The Balaban J connectivity index is 1.16. The van der Waals surface area contributed by atoms with Crippen LogP contribution in [0.25, 0.3) is 49.3 Å². The number of nitrogens with zero attached hydrogens (tertiary/aromatic N) is 4. The van der Waals surface area contributed by atoms with Gasteiger partial charge in [-0.15, -0.1) is 11.3 Å². The number of furan rings is 1. The van der Waals surface area contributed by atoms with Gasteiger partial charge in [-0.05, 0) is 125 Å². The molecule has 9 aromatic rings. The Bertz CT molecular complexity index is 3250. The van der Waals surface area contributed by atoms with Gasteiger partial charge in [0, 0.05) is 44.0 Å². The van der Waals surface area contributed by atoms with Gasteiger partial charge in [0.1, 0.15) is 34.2 Å². The third-order valence-electron chi connectivity index (χ3n) is 13.7. The number of carbonyl (C=O) groups is 1. The summed E-state index contributed by atoms with van der Waals surface area (Å²) in [5.74, 6) is -0.526. The molecule has 0 spiro atoms. The zero-order valence-corrected chi connectivity index (χ0v) is 41.2. The predicted octanol–water partition coefficient (Wildman–Crippen LogP) is 16.7. The zero-order chi connectivity index (χ0) is 48.0. The first kappa shape index (κ1) is 46.4. The lowest BCUT2D eigenvalue weighted by Crippen LogP contribution is -2.28. The number of aliphatic carboxylic acids is 1. The number of nitriles is 1. The molecule has 0 fully saturated rings. The molecule has 10 rings (SSSR count). The Morgan fingerprint density at radius 2 is 1.21 bits per heavy atom. The van der Waals surface area contributed by atoms with Crippen molar-refractivity contribution in [2.45, 2.75) is 83.5 Å². The van der Waals surface area contributed by atoms with E-state index in [9.17, 15) is 15.2 Å². The van der Waals surface area contributed by atoms with Crippen LogP contribution in [0.3, 0.4) is 0 Å². The molecule has 1 N–H and O–H groups in total. The van der Waals surface area contributed by atoms with Crippen molar-refractivity contribution < 1.29 is 14.3 Å². The molecule has 1 aliphatic carbocycles. The van der Waals surface area contributed by atoms with E-state index in [0.29, 0.717) is 11.3 Å². The number of aromatic nitrogens is 2. The van der Waals surface area contributed by atoms with Crippen molar-refractivity contribution >= 4 is 63.2 Å². The van der Waals surface area contributed by atoms with E-state index >= 15 is 0 Å². The van der Waals surface area contributed by atoms with E-state index in [1.54, 1.807) is 29.5 Å². The normalized spacial score (nSPS) is 12.7. The summed E-state index contributed by atoms with van der Waals surface area (Å²) in [4.78, 5) is 16.3. The van der Waals surface area contributed by atoms with E-state index in [-0.39, 0.29) is 5.76 Å². The number of para-hydroxylation sites is 2. The fourth-order valence-electron chi connectivity index (χ4n) is 10.2. The molecular formula is C61H54N4O3S2. The van der Waals surface area contributed by atoms with Gasteiger partial charge in [0.25, 0.3) is 0 Å². The maximum absolute atomic E-state index is 11.6. The van der Waals surface area contributed by atoms with E-state index in [2.05, 4.69) is 158 Å². The fraction of sp³-hybridized carbons (Fsp3) is 0.213. The summed E-state index contributed by atoms with van der Waals surface area (Å²) in [5, 5.41) is 18.8. The molecule has 3 aromatic heterocycles. The molecule has 9 heteroatoms. The average Bonchev–Trinajstić information content (AvgIpc) is 4.22. The minimum atomic E-state index is -1.31. The standard InChI is InChI=1S/C61H54N4O3S2/c1-3-5-7-11-17-41-23-27-44(28-24-41)61(45-29-25-42(26-30-45)18-12-8-6-4-2)53-38-48(65(46-19-13-9-14-20-46)47-21-15-10-16-22-47)31-33-50(53)59-54(61)39-56(69-59)52-35-34-51(57-58(52)64-70-63-57)55-36-32-49(68-55)37-43(40-62)60(66)67/h9-10,13-16,19-39H,3-8,11-12,17-18H2,1-2H3,(H,66,67)/b43-37-. The van der Waals surface area contributed by atoms with E-state index in [4.69, 9.17) is 13.2 Å². The van der Waals surface area contributed by atoms with Crippen LogP contribution in [0.2, 0.25) is 0 Å². The lowest BCUT2D eigenvalue weighted by Gasteiger charge is -2.35. The minimum Gasteiger partial charge on any atom is -0.477 e. The molecule has 3 heterocycles. The predicted molar refractivity (Wildman–Crippen MR) is 287 cm³/mol. The van der Waals surface area contributed by atoms with Crippen molar-refractivity contribution in [3.8, 4) is 38.3 Å². The first-order chi connectivity index (χ1) is 34.4. The van der Waals surface area contributed by atoms with Gasteiger partial charge in [0.2, 0.25) is 0 Å². The first-order valence-corrected chi connectivity index (χ1v) is 26.0. The topological polar surface area (TPSA) is 103 Å². The van der Waals surface area contributed by atoms with Crippen LogP contribution in [0.4, 0.5) is 17.1 Å². The van der Waals surface area contributed by atoms with E-state index in [1.165, 1.54) is 101 Å². The van der Waals surface area contributed by atoms with Gasteiger partial charge in [0.15, 0.2) is 0 Å². The van der Waals surface area contributed by atoms with Crippen LogP contribution < -0.4 is 4.90 Å². The molecule has 0 atom stereocenters. The van der Waals surface area contributed by atoms with Crippen molar-refractivity contribution in [1.29, 1.82) is 5.26 Å². The minimum absolute atomic E-state index is 0.270. The van der Waals surface area contributed by atoms with Gasteiger partial charge >= 0.3 is 5.97 Å². The molecule has 0 aliphatic heterocycles. The number of fused-ring (bicyclic) bond motifs is 4. The highest BCUT2D eigenvalue weighted by molar-refractivity contribution is 7.19. The van der Waals surface area contributed by atoms with Gasteiger partial charge in [-0.3, -0.25) is 0 Å². The molecular weight excluding hydrogens is 901 g/mol. The molecule has 0 unspecified atom stereocenters. The Labute approximate surface area is 418 Å². The first-order valence-electron chi connectivity index (χ1n) is 24.5. The zero-order valence-electron chi connectivity index (χ0n) is 39.5. The summed E-state index contributed by atoms with van der Waals surface area (Å²) in [6, 6.07) is 59.0. The largest absolute Gasteiger partial charge is 0.477 e. The smallest absolute Gasteiger partial charge is 0.346 e. The maximum atomic E-state index is 11.6. The molecule has 1 aliphatic rings. The monoisotopic (exact) mass is 954 g/mol. The van der Waals surface area contributed by atoms with Gasteiger partial charge in [-0.2, -0.15) is 14.0 Å². The number of benzene rings is 6. The Morgan fingerprint density at radius 1 is 0.643 bits per heavy atom. The average molecular weight is 955 g/mol. The van der Waals surface area contributed by atoms with E-state index in [1.807, 2.05) is 6.07 Å². The number of carboxylic acid groups (broad SMARTS) is 1. The molecule has 0 saturated heterocycles. The number of carboxylic acids is 1. The number of hydrogen-bond acceptors (Lipinski definition) is 8. The summed E-state index contributed by atoms with van der Waals surface area (Å²) in [7, 11) is 0. The second kappa shape index (κ2) is 20.7. The number of aryl methyl sites for hydroxylation is 2. The van der Waals surface area contributed by atoms with Crippen LogP contribution in [0.15, 0.2) is 168 Å². The lowest BCUT2D eigenvalue weighted by atomic mass is 9.67. The van der Waals surface area contributed by atoms with Crippen LogP contribution in [0.5, 0.6) is 0 Å². The number of unbranched alkanes of at least 4 members (excludes halogenated alkanes) is 6. The summed E-state index contributed by atoms with van der Waals surface area (Å²) in [6.45, 7) is 4.53. The van der Waals surface area contributed by atoms with Crippen LogP contribution >= 0.6 is 23.1 Å². The maximum Gasteiger partial charge on any atom is 0.346 e. The summed E-state index contributed by atoms with van der Waals surface area (Å²) < 4.78 is 15.8. The summed E-state index contributed by atoms with van der Waals surface area (Å²) in [5.41, 5.74) is 14.3. The molecule has 0 saturated carbocycles. The van der Waals surface area contributed by atoms with Crippen molar-refractivity contribution in [3.63, 3.8) is 0 Å². The van der Waals surface area contributed by atoms with E-state index in [0.717, 1.165) is 63.2 Å². The van der Waals surface area contributed by atoms with Gasteiger partial charge in [-0.25, -0.2) is 4.79 Å². The van der Waals surface area contributed by atoms with Gasteiger partial charge < -0.3 is 14.4 Å². The molecule has 348 valence electrons. The van der Waals surface area contributed by atoms with Crippen LogP contribution in [-0.2, 0) is 23.1 Å². The van der Waals surface area contributed by atoms with Crippen molar-refractivity contribution in [3.05, 3.63) is 202 Å². The molecule has 70 heavy (non-hydrogen) atoms. The third-order valence-corrected chi connectivity index (χ3v) is 15.4. The molecule has 7 nitrogen and oxygen atoms in total. The van der Waals surface area contributed by atoms with Crippen LogP contribution in [-0.4, -0.2) is 19.8 Å². The van der Waals surface area contributed by atoms with Gasteiger partial charge in [-0.1, -0.05) is 149 Å². The van der Waals surface area contributed by atoms with Crippen molar-refractivity contribution in [1.82, 2.24) is 8.75 Å². The molecule has 0 bridgehead atoms. The molecule has 0 amide bonds. The number of thiophene rings is 1. The van der Waals surface area contributed by atoms with Crippen LogP contribution in [0, 0.1) is 11.3 Å². The SMILES string of the molecule is CCCCCCc1ccc(C2(c3ccc(CCCCCC)cc3)c3cc(N(c4ccccc4)c4ccccc4)ccc3-c3sc(-c4ccc(-c5ccc(/C=C(/C#N)C(=O)O)o5)c5nsnc45)cc32)cc1. The quantitative estimate of drug-likeness (QED) is 0.0489. The number of rotatable bonds is 19. The molecule has 0 radical (unpaired) electrons. The third kappa shape index (κ3) is 8.90. The molecule has 6 aromatic carbocycles. The number of anilines is 3. The highest BCUT2D eigenvalue weighted by Crippen LogP contribution is 2.61. The highest BCUT2D eigenvalue weighted by atomic mass is 32.1. The Kier molecular flexibility index (Phi) is 13.7. The van der Waals surface area contributed by atoms with E-state index < -0.39 is 17.0 Å². The Morgan fingerprint density at radius 3 is 1.79 bits per heavy atom. The lowest BCUT2D eigenvalue weighted by molar-refractivity contribution is -0.132. The fourth-order valence-corrected chi connectivity index (χ4v) is 12.1. The van der Waals surface area contributed by atoms with Crippen LogP contribution in [0.1, 0.15) is 104 Å². The highest BCUT2D eigenvalue weighted by Gasteiger charge is 2.48. The Hall–Kier alpha value is -7.38. The van der Waals surface area contributed by atoms with Gasteiger partial charge in [0.05, 0.1) is 17.1 Å². The number of hydrogen-bond donors (Lipinski definition) is 1. The van der Waals surface area contributed by atoms with Crippen molar-refractivity contribution in [2.75, 3.05) is 4.90 Å². The second-order valence-corrected chi connectivity index (χ2v) is 19.7. The second-order valence-electron chi connectivity index (χ2n) is 18.2. The van der Waals surface area contributed by atoms with Crippen molar-refractivity contribution in [2.24, 2.45) is 0 Å².